The van der Waals surface area contributed by atoms with Crippen LogP contribution in [0.15, 0.2) is 30.3 Å². The standard InChI is InChI=1S/C40H64N6O11/c1-22(2)30(36(53)56-10)45-37(54)40(23(3)4,46-34(51)27-18-14-15-19-27)31(48)28(20-26-16-12-11-13-17-26)43-33(50)25(6)41-32(49)24(5)42-35(52)29(21-47)44-38(55)57-39(7,8)9/h11-13,16-17,22-25,27-31,47-48H,14-15,18-21H2,1-10H3,(H,41,49)(H,42,52)(H,43,50)(H,44,55)(H,45,54)(H,46,51)/t24-,25-,28?,29-,30-,31?,40+/m0/s1. The molecule has 0 aliphatic heterocycles. The van der Waals surface area contributed by atoms with E-state index in [9.17, 15) is 43.8 Å². The number of benzene rings is 1. The number of carbonyl (C=O) groups is 7. The summed E-state index contributed by atoms with van der Waals surface area (Å²) in [7, 11) is 1.19. The Kier molecular flexibility index (Phi) is 18.4. The molecule has 0 aromatic heterocycles. The third kappa shape index (κ3) is 14.0. The number of esters is 1. The molecule has 320 valence electrons. The number of nitrogens with one attached hydrogen (secondary N) is 6. The summed E-state index contributed by atoms with van der Waals surface area (Å²) in [6.45, 7) is 13.5. The van der Waals surface area contributed by atoms with Crippen molar-refractivity contribution in [1.82, 2.24) is 31.9 Å². The smallest absolute Gasteiger partial charge is 0.408 e. The van der Waals surface area contributed by atoms with E-state index < -0.39 is 113 Å². The van der Waals surface area contributed by atoms with E-state index in [1.54, 1.807) is 78.8 Å². The molecule has 8 N–H and O–H groups in total. The van der Waals surface area contributed by atoms with E-state index in [4.69, 9.17) is 9.47 Å². The van der Waals surface area contributed by atoms with Crippen LogP contribution in [-0.4, -0.2) is 113 Å². The van der Waals surface area contributed by atoms with E-state index in [-0.39, 0.29) is 6.42 Å². The second kappa shape index (κ2) is 21.7. The van der Waals surface area contributed by atoms with Gasteiger partial charge in [-0.25, -0.2) is 9.59 Å². The molecule has 0 bridgehead atoms. The van der Waals surface area contributed by atoms with E-state index in [1.807, 2.05) is 0 Å². The Morgan fingerprint density at radius 3 is 1.82 bits per heavy atom. The van der Waals surface area contributed by atoms with Crippen LogP contribution in [0.5, 0.6) is 0 Å². The number of rotatable bonds is 19. The fourth-order valence-electron chi connectivity index (χ4n) is 6.55. The number of alkyl carbamates (subject to hydrolysis) is 1. The van der Waals surface area contributed by atoms with Crippen molar-refractivity contribution in [2.45, 2.75) is 142 Å². The Hall–Kier alpha value is -4.77. The molecule has 1 aliphatic rings. The maximum absolute atomic E-state index is 14.6. The lowest BCUT2D eigenvalue weighted by Gasteiger charge is -2.45. The molecule has 1 aliphatic carbocycles. The molecule has 1 aromatic carbocycles. The van der Waals surface area contributed by atoms with Gasteiger partial charge in [0, 0.05) is 5.92 Å². The van der Waals surface area contributed by atoms with E-state index in [1.165, 1.54) is 21.0 Å². The molecule has 1 aromatic rings. The number of aliphatic hydroxyl groups excluding tert-OH is 2. The van der Waals surface area contributed by atoms with Crippen molar-refractivity contribution in [2.24, 2.45) is 17.8 Å². The molecule has 17 nitrogen and oxygen atoms in total. The Bertz CT molecular complexity index is 1540. The molecule has 1 saturated carbocycles. The molecule has 1 fully saturated rings. The highest BCUT2D eigenvalue weighted by atomic mass is 16.6. The fraction of sp³-hybridized carbons (Fsp3) is 0.675. The van der Waals surface area contributed by atoms with E-state index in [0.29, 0.717) is 18.4 Å². The van der Waals surface area contributed by atoms with Crippen molar-refractivity contribution < 1.29 is 53.2 Å². The molecular weight excluding hydrogens is 740 g/mol. The summed E-state index contributed by atoms with van der Waals surface area (Å²) in [4.78, 5) is 93.2. The number of hydrogen-bond acceptors (Lipinski definition) is 11. The maximum atomic E-state index is 14.6. The van der Waals surface area contributed by atoms with Gasteiger partial charge in [0.1, 0.15) is 41.4 Å². The zero-order valence-corrected chi connectivity index (χ0v) is 34.9. The monoisotopic (exact) mass is 804 g/mol. The average Bonchev–Trinajstić information content (AvgIpc) is 3.69. The van der Waals surface area contributed by atoms with Crippen LogP contribution in [0, 0.1) is 17.8 Å². The number of aliphatic hydroxyl groups is 2. The minimum atomic E-state index is -2.07. The molecule has 0 spiro atoms. The Labute approximate surface area is 335 Å². The van der Waals surface area contributed by atoms with Crippen molar-refractivity contribution in [3.8, 4) is 0 Å². The Balaban J connectivity index is 2.43. The Morgan fingerprint density at radius 2 is 1.33 bits per heavy atom. The summed E-state index contributed by atoms with van der Waals surface area (Å²) >= 11 is 0. The third-order valence-corrected chi connectivity index (χ3v) is 9.92. The highest BCUT2D eigenvalue weighted by molar-refractivity contribution is 5.96. The van der Waals surface area contributed by atoms with Crippen molar-refractivity contribution in [1.29, 1.82) is 0 Å². The molecule has 0 saturated heterocycles. The first-order valence-electron chi connectivity index (χ1n) is 19.5. The summed E-state index contributed by atoms with van der Waals surface area (Å²) < 4.78 is 10.1. The van der Waals surface area contributed by atoms with Gasteiger partial charge in [0.15, 0.2) is 0 Å². The summed E-state index contributed by atoms with van der Waals surface area (Å²) in [5.41, 5.74) is -2.27. The zero-order valence-electron chi connectivity index (χ0n) is 34.9. The maximum Gasteiger partial charge on any atom is 0.408 e. The van der Waals surface area contributed by atoms with Crippen molar-refractivity contribution >= 4 is 41.6 Å². The topological polar surface area (TPSA) is 251 Å². The van der Waals surface area contributed by atoms with Gasteiger partial charge in [-0.15, -0.1) is 0 Å². The molecule has 0 heterocycles. The lowest BCUT2D eigenvalue weighted by Crippen LogP contribution is -2.74. The van der Waals surface area contributed by atoms with Gasteiger partial charge in [-0.05, 0) is 71.3 Å². The van der Waals surface area contributed by atoms with E-state index in [2.05, 4.69) is 31.9 Å². The van der Waals surface area contributed by atoms with Crippen LogP contribution in [0.4, 0.5) is 4.79 Å². The predicted molar refractivity (Wildman–Crippen MR) is 210 cm³/mol. The van der Waals surface area contributed by atoms with Crippen LogP contribution in [0.25, 0.3) is 0 Å². The van der Waals surface area contributed by atoms with Crippen LogP contribution in [0.2, 0.25) is 0 Å². The minimum absolute atomic E-state index is 0.0142. The first kappa shape index (κ1) is 48.4. The van der Waals surface area contributed by atoms with Gasteiger partial charge in [0.05, 0.1) is 19.8 Å². The van der Waals surface area contributed by atoms with Gasteiger partial charge in [0.25, 0.3) is 0 Å². The second-order valence-corrected chi connectivity index (χ2v) is 16.3. The molecule has 57 heavy (non-hydrogen) atoms. The number of methoxy groups -OCH3 is 1. The summed E-state index contributed by atoms with van der Waals surface area (Å²) in [5.74, 6) is -6.08. The SMILES string of the molecule is COC(=O)[C@@H](NC(=O)[C@@](NC(=O)C1CCCC1)(C(C)C)C(O)C(Cc1ccccc1)NC(=O)[C@H](C)NC(=O)[C@H](C)NC(=O)[C@H](CO)NC(=O)OC(C)(C)C)C(C)C. The molecule has 6 amide bonds. The Morgan fingerprint density at radius 1 is 0.789 bits per heavy atom. The van der Waals surface area contributed by atoms with E-state index in [0.717, 1.165) is 12.8 Å². The molecule has 0 radical (unpaired) electrons. The van der Waals surface area contributed by atoms with E-state index >= 15 is 0 Å². The highest BCUT2D eigenvalue weighted by Crippen LogP contribution is 2.31. The summed E-state index contributed by atoms with van der Waals surface area (Å²) in [5, 5.41) is 37.7. The molecule has 2 rings (SSSR count). The molecular formula is C40H64N6O11. The van der Waals surface area contributed by atoms with Crippen molar-refractivity contribution in [3.63, 3.8) is 0 Å². The quantitative estimate of drug-likeness (QED) is 0.0916. The molecule has 7 atom stereocenters. The number of ether oxygens (including phenoxy) is 2. The lowest BCUT2D eigenvalue weighted by atomic mass is 9.75. The van der Waals surface area contributed by atoms with Crippen molar-refractivity contribution in [3.05, 3.63) is 35.9 Å². The van der Waals surface area contributed by atoms with Crippen molar-refractivity contribution in [2.75, 3.05) is 13.7 Å². The van der Waals surface area contributed by atoms with Crippen LogP contribution in [-0.2, 0) is 44.7 Å². The number of hydrogen-bond donors (Lipinski definition) is 8. The van der Waals surface area contributed by atoms with Gasteiger partial charge in [0.2, 0.25) is 29.5 Å². The third-order valence-electron chi connectivity index (χ3n) is 9.92. The van der Waals surface area contributed by atoms with Crippen LogP contribution in [0.3, 0.4) is 0 Å². The first-order valence-corrected chi connectivity index (χ1v) is 19.5. The van der Waals surface area contributed by atoms with Crippen LogP contribution in [0.1, 0.15) is 93.6 Å². The normalized spacial score (nSPS) is 17.4. The number of amides is 6. The zero-order chi connectivity index (χ0) is 43.2. The van der Waals surface area contributed by atoms with Gasteiger partial charge >= 0.3 is 12.1 Å². The van der Waals surface area contributed by atoms with Crippen LogP contribution < -0.4 is 31.9 Å². The molecule has 17 heteroatoms. The highest BCUT2D eigenvalue weighted by Gasteiger charge is 2.54. The summed E-state index contributed by atoms with van der Waals surface area (Å²) in [6.07, 6.45) is 0.0784. The minimum Gasteiger partial charge on any atom is -0.467 e. The summed E-state index contributed by atoms with van der Waals surface area (Å²) in [6, 6.07) is 2.54. The largest absolute Gasteiger partial charge is 0.467 e. The lowest BCUT2D eigenvalue weighted by molar-refractivity contribution is -0.152. The van der Waals surface area contributed by atoms with Crippen LogP contribution >= 0.6 is 0 Å². The van der Waals surface area contributed by atoms with Gasteiger partial charge < -0.3 is 51.6 Å². The second-order valence-electron chi connectivity index (χ2n) is 16.3. The molecule has 2 unspecified atom stereocenters. The number of carbonyl (C=O) groups excluding carboxylic acids is 7. The van der Waals surface area contributed by atoms with Gasteiger partial charge in [-0.2, -0.15) is 0 Å². The predicted octanol–water partition coefficient (Wildman–Crippen LogP) is 0.985. The average molecular weight is 805 g/mol. The van der Waals surface area contributed by atoms with Gasteiger partial charge in [-0.3, -0.25) is 24.0 Å². The van der Waals surface area contributed by atoms with Gasteiger partial charge in [-0.1, -0.05) is 70.9 Å². The fourth-order valence-corrected chi connectivity index (χ4v) is 6.55. The first-order chi connectivity index (χ1) is 26.6.